The van der Waals surface area contributed by atoms with E-state index in [-0.39, 0.29) is 0 Å². The van der Waals surface area contributed by atoms with E-state index in [0.717, 1.165) is 45.0 Å². The fraction of sp³-hybridized carbons (Fsp3) is 0.583. The van der Waals surface area contributed by atoms with Gasteiger partial charge in [-0.3, -0.25) is 0 Å². The fourth-order valence-electron chi connectivity index (χ4n) is 1.69. The molecule has 2 heterocycles. The minimum atomic E-state index is 0.705. The summed E-state index contributed by atoms with van der Waals surface area (Å²) < 4.78 is 5.11. The van der Waals surface area contributed by atoms with Crippen LogP contribution >= 0.6 is 22.7 Å². The highest BCUT2D eigenvalue weighted by atomic mass is 32.1. The second-order valence-corrected chi connectivity index (χ2v) is 6.10. The zero-order chi connectivity index (χ0) is 13.7. The van der Waals surface area contributed by atoms with E-state index in [9.17, 15) is 0 Å². The first-order chi connectivity index (χ1) is 9.28. The number of aryl methyl sites for hydroxylation is 1. The number of nitrogens with one attached hydrogen (secondary N) is 1. The number of aromatic nitrogens is 3. The Labute approximate surface area is 121 Å². The van der Waals surface area contributed by atoms with Crippen LogP contribution in [0.1, 0.15) is 24.0 Å². The van der Waals surface area contributed by atoms with Crippen molar-refractivity contribution in [1.82, 2.24) is 15.2 Å². The van der Waals surface area contributed by atoms with Crippen LogP contribution in [0.3, 0.4) is 0 Å². The van der Waals surface area contributed by atoms with Gasteiger partial charge in [0.15, 0.2) is 5.01 Å². The second kappa shape index (κ2) is 6.93. The third-order valence-electron chi connectivity index (χ3n) is 2.58. The lowest BCUT2D eigenvalue weighted by atomic mass is 10.2. The molecule has 2 aromatic rings. The van der Waals surface area contributed by atoms with Crippen LogP contribution in [-0.2, 0) is 17.6 Å². The van der Waals surface area contributed by atoms with Gasteiger partial charge >= 0.3 is 0 Å². The zero-order valence-corrected chi connectivity index (χ0v) is 13.0. The summed E-state index contributed by atoms with van der Waals surface area (Å²) in [6.45, 7) is 2.87. The average molecular weight is 298 g/mol. The van der Waals surface area contributed by atoms with E-state index in [2.05, 4.69) is 22.4 Å². The van der Waals surface area contributed by atoms with Gasteiger partial charge in [0.05, 0.1) is 22.2 Å². The van der Waals surface area contributed by atoms with Crippen molar-refractivity contribution in [1.29, 1.82) is 0 Å². The van der Waals surface area contributed by atoms with Crippen LogP contribution in [-0.4, -0.2) is 35.9 Å². The Hall–Kier alpha value is -1.05. The highest BCUT2D eigenvalue weighted by Crippen LogP contribution is 2.34. The van der Waals surface area contributed by atoms with Crippen LogP contribution in [0.25, 0.3) is 9.88 Å². The molecule has 0 amide bonds. The highest BCUT2D eigenvalue weighted by Gasteiger charge is 2.16. The van der Waals surface area contributed by atoms with E-state index in [0.29, 0.717) is 6.61 Å². The molecular formula is C12H18N4OS2. The van der Waals surface area contributed by atoms with Gasteiger partial charge in [0.2, 0.25) is 5.13 Å². The Morgan fingerprint density at radius 3 is 2.68 bits per heavy atom. The summed E-state index contributed by atoms with van der Waals surface area (Å²) in [5.41, 5.74) is 1.14. The number of ether oxygens (including phenoxy) is 1. The fourth-order valence-corrected chi connectivity index (χ4v) is 3.57. The Morgan fingerprint density at radius 1 is 1.21 bits per heavy atom. The quantitative estimate of drug-likeness (QED) is 0.851. The van der Waals surface area contributed by atoms with E-state index < -0.39 is 0 Å². The summed E-state index contributed by atoms with van der Waals surface area (Å²) in [5.74, 6) is 0. The SMILES string of the molecule is CCCc1nc(CCOC)sc1-c1nnc(NC)s1. The molecule has 0 aliphatic rings. The van der Waals surface area contributed by atoms with Gasteiger partial charge in [-0.1, -0.05) is 24.7 Å². The molecule has 0 radical (unpaired) electrons. The van der Waals surface area contributed by atoms with E-state index in [1.165, 1.54) is 0 Å². The minimum Gasteiger partial charge on any atom is -0.384 e. The molecule has 19 heavy (non-hydrogen) atoms. The molecule has 5 nitrogen and oxygen atoms in total. The van der Waals surface area contributed by atoms with Crippen molar-refractivity contribution in [2.45, 2.75) is 26.2 Å². The number of hydrogen-bond donors (Lipinski definition) is 1. The lowest BCUT2D eigenvalue weighted by molar-refractivity contribution is 0.202. The minimum absolute atomic E-state index is 0.705. The zero-order valence-electron chi connectivity index (χ0n) is 11.4. The van der Waals surface area contributed by atoms with Gasteiger partial charge in [-0.15, -0.1) is 21.5 Å². The Bertz CT molecular complexity index is 524. The van der Waals surface area contributed by atoms with Crippen LogP contribution in [0, 0.1) is 0 Å². The first kappa shape index (κ1) is 14.4. The van der Waals surface area contributed by atoms with Gasteiger partial charge in [-0.05, 0) is 6.42 Å². The number of nitrogens with zero attached hydrogens (tertiary/aromatic N) is 3. The van der Waals surface area contributed by atoms with Gasteiger partial charge in [0, 0.05) is 20.6 Å². The molecule has 2 rings (SSSR count). The molecule has 0 aliphatic carbocycles. The van der Waals surface area contributed by atoms with E-state index in [1.807, 2.05) is 7.05 Å². The van der Waals surface area contributed by atoms with Crippen molar-refractivity contribution in [2.75, 3.05) is 26.1 Å². The third-order valence-corrected chi connectivity index (χ3v) is 4.83. The van der Waals surface area contributed by atoms with Gasteiger partial charge in [-0.25, -0.2) is 4.98 Å². The second-order valence-electron chi connectivity index (χ2n) is 4.04. The summed E-state index contributed by atoms with van der Waals surface area (Å²) in [6, 6.07) is 0. The lowest BCUT2D eigenvalue weighted by Crippen LogP contribution is -1.94. The maximum absolute atomic E-state index is 5.11. The Morgan fingerprint density at radius 2 is 2.05 bits per heavy atom. The van der Waals surface area contributed by atoms with Crippen molar-refractivity contribution in [3.05, 3.63) is 10.7 Å². The van der Waals surface area contributed by atoms with Crippen LogP contribution in [0.2, 0.25) is 0 Å². The molecule has 0 saturated heterocycles. The molecule has 0 unspecified atom stereocenters. The maximum Gasteiger partial charge on any atom is 0.205 e. The summed E-state index contributed by atoms with van der Waals surface area (Å²) >= 11 is 3.27. The molecule has 0 bridgehead atoms. The number of anilines is 1. The van der Waals surface area contributed by atoms with Crippen LogP contribution < -0.4 is 5.32 Å². The molecule has 2 aromatic heterocycles. The molecule has 1 N–H and O–H groups in total. The van der Waals surface area contributed by atoms with Crippen molar-refractivity contribution >= 4 is 27.8 Å². The Kier molecular flexibility index (Phi) is 5.24. The molecule has 7 heteroatoms. The summed E-state index contributed by atoms with van der Waals surface area (Å²) in [5, 5.41) is 14.3. The number of rotatable bonds is 7. The molecule has 0 atom stereocenters. The largest absolute Gasteiger partial charge is 0.384 e. The van der Waals surface area contributed by atoms with Gasteiger partial charge in [-0.2, -0.15) is 0 Å². The average Bonchev–Trinajstić information content (AvgIpc) is 3.03. The number of hydrogen-bond acceptors (Lipinski definition) is 7. The monoisotopic (exact) mass is 298 g/mol. The van der Waals surface area contributed by atoms with E-state index >= 15 is 0 Å². The molecule has 0 saturated carbocycles. The molecule has 0 spiro atoms. The van der Waals surface area contributed by atoms with Gasteiger partial charge in [0.25, 0.3) is 0 Å². The molecular weight excluding hydrogens is 280 g/mol. The van der Waals surface area contributed by atoms with Gasteiger partial charge < -0.3 is 10.1 Å². The van der Waals surface area contributed by atoms with Crippen molar-refractivity contribution < 1.29 is 4.74 Å². The van der Waals surface area contributed by atoms with Crippen molar-refractivity contribution in [2.24, 2.45) is 0 Å². The van der Waals surface area contributed by atoms with E-state index in [4.69, 9.17) is 9.72 Å². The summed E-state index contributed by atoms with van der Waals surface area (Å²) in [7, 11) is 3.57. The van der Waals surface area contributed by atoms with Gasteiger partial charge in [0.1, 0.15) is 0 Å². The van der Waals surface area contributed by atoms with Crippen LogP contribution in [0.5, 0.6) is 0 Å². The molecule has 104 valence electrons. The number of thiazole rings is 1. The van der Waals surface area contributed by atoms with E-state index in [1.54, 1.807) is 29.8 Å². The van der Waals surface area contributed by atoms with Crippen LogP contribution in [0.4, 0.5) is 5.13 Å². The predicted octanol–water partition coefficient (Wildman–Crippen LogP) is 2.84. The summed E-state index contributed by atoms with van der Waals surface area (Å²) in [4.78, 5) is 5.87. The third kappa shape index (κ3) is 3.49. The smallest absolute Gasteiger partial charge is 0.205 e. The first-order valence-electron chi connectivity index (χ1n) is 6.27. The normalized spacial score (nSPS) is 10.9. The van der Waals surface area contributed by atoms with Crippen molar-refractivity contribution in [3.63, 3.8) is 0 Å². The molecule has 0 aromatic carbocycles. The predicted molar refractivity (Wildman–Crippen MR) is 80.1 cm³/mol. The standard InChI is InChI=1S/C12H18N4OS2/c1-4-5-8-10(11-15-16-12(13-2)19-11)18-9(14-8)6-7-17-3/h4-7H2,1-3H3,(H,13,16). The lowest BCUT2D eigenvalue weighted by Gasteiger charge is -1.95. The highest BCUT2D eigenvalue weighted by molar-refractivity contribution is 7.23. The maximum atomic E-state index is 5.11. The summed E-state index contributed by atoms with van der Waals surface area (Å²) in [6.07, 6.45) is 2.92. The van der Waals surface area contributed by atoms with Crippen molar-refractivity contribution in [3.8, 4) is 9.88 Å². The topological polar surface area (TPSA) is 59.9 Å². The van der Waals surface area contributed by atoms with Crippen LogP contribution in [0.15, 0.2) is 0 Å². The first-order valence-corrected chi connectivity index (χ1v) is 7.91. The Balaban J connectivity index is 2.28. The number of methoxy groups -OCH3 is 1. The molecule has 0 fully saturated rings. The molecule has 0 aliphatic heterocycles.